The number of nitrogens with one attached hydrogen (secondary N) is 1. The lowest BCUT2D eigenvalue weighted by Crippen LogP contribution is -2.48. The molecule has 1 aromatic carbocycles. The highest BCUT2D eigenvalue weighted by Gasteiger charge is 2.29. The van der Waals surface area contributed by atoms with Gasteiger partial charge in [-0.1, -0.05) is 0 Å². The van der Waals surface area contributed by atoms with Crippen molar-refractivity contribution >= 4 is 29.2 Å². The van der Waals surface area contributed by atoms with Crippen LogP contribution >= 0.6 is 12.2 Å². The summed E-state index contributed by atoms with van der Waals surface area (Å²) in [6.45, 7) is 10.1. The molecule has 0 saturated carbocycles. The summed E-state index contributed by atoms with van der Waals surface area (Å²) in [5.74, 6) is 0.490. The summed E-state index contributed by atoms with van der Waals surface area (Å²) in [5.41, 5.74) is 0.344. The second-order valence-corrected chi connectivity index (χ2v) is 7.28. The standard InChI is InChI=1S/C22H32N2O6S/c1-5-27-17-12-16(13-18(28-6-2)19(17)29-7-3)20(25)23-22(31)24-11-9-10-15(14-24)21(26)30-8-4/h12-13,15H,5-11,14H2,1-4H3,(H,23,25,31)/t15-/m0/s1. The molecule has 1 N–H and O–H groups in total. The molecule has 0 bridgehead atoms. The summed E-state index contributed by atoms with van der Waals surface area (Å²) in [6, 6.07) is 3.24. The molecule has 31 heavy (non-hydrogen) atoms. The Kier molecular flexibility index (Phi) is 9.84. The molecule has 0 spiro atoms. The Bertz CT molecular complexity index is 758. The van der Waals surface area contributed by atoms with Crippen molar-refractivity contribution in [2.75, 3.05) is 39.5 Å². The number of benzene rings is 1. The molecule has 0 radical (unpaired) electrons. The molecule has 1 saturated heterocycles. The molecule has 172 valence electrons. The van der Waals surface area contributed by atoms with Gasteiger partial charge in [-0.3, -0.25) is 14.9 Å². The second kappa shape index (κ2) is 12.3. The van der Waals surface area contributed by atoms with Gasteiger partial charge in [-0.15, -0.1) is 0 Å². The number of carbonyl (C=O) groups is 2. The maximum Gasteiger partial charge on any atom is 0.310 e. The van der Waals surface area contributed by atoms with Crippen LogP contribution in [-0.2, 0) is 9.53 Å². The third-order valence-corrected chi connectivity index (χ3v) is 5.08. The van der Waals surface area contributed by atoms with Crippen LogP contribution in [0.25, 0.3) is 0 Å². The zero-order chi connectivity index (χ0) is 22.8. The fraction of sp³-hybridized carbons (Fsp3) is 0.591. The predicted molar refractivity (Wildman–Crippen MR) is 121 cm³/mol. The maximum atomic E-state index is 12.9. The van der Waals surface area contributed by atoms with Gasteiger partial charge >= 0.3 is 5.97 Å². The fourth-order valence-electron chi connectivity index (χ4n) is 3.38. The Balaban J connectivity index is 2.16. The summed E-state index contributed by atoms with van der Waals surface area (Å²) in [5, 5.41) is 3.04. The quantitative estimate of drug-likeness (QED) is 0.452. The fourth-order valence-corrected chi connectivity index (χ4v) is 3.64. The van der Waals surface area contributed by atoms with Gasteiger partial charge in [0.25, 0.3) is 5.91 Å². The summed E-state index contributed by atoms with van der Waals surface area (Å²) in [4.78, 5) is 26.8. The van der Waals surface area contributed by atoms with E-state index in [4.69, 9.17) is 31.2 Å². The van der Waals surface area contributed by atoms with Crippen LogP contribution in [0.4, 0.5) is 0 Å². The molecule has 1 heterocycles. The zero-order valence-electron chi connectivity index (χ0n) is 18.7. The van der Waals surface area contributed by atoms with Crippen molar-refractivity contribution in [3.63, 3.8) is 0 Å². The van der Waals surface area contributed by atoms with Crippen LogP contribution in [0.5, 0.6) is 17.2 Å². The first-order valence-corrected chi connectivity index (χ1v) is 11.2. The van der Waals surface area contributed by atoms with E-state index in [0.29, 0.717) is 62.3 Å². The first-order valence-electron chi connectivity index (χ1n) is 10.8. The predicted octanol–water partition coefficient (Wildman–Crippen LogP) is 3.17. The minimum Gasteiger partial charge on any atom is -0.490 e. The van der Waals surface area contributed by atoms with Gasteiger partial charge in [0, 0.05) is 18.7 Å². The van der Waals surface area contributed by atoms with Gasteiger partial charge in [-0.05, 0) is 64.9 Å². The number of nitrogens with zero attached hydrogens (tertiary/aromatic N) is 1. The number of thiocarbonyl (C=S) groups is 1. The number of carbonyl (C=O) groups excluding carboxylic acids is 2. The van der Waals surface area contributed by atoms with Crippen LogP contribution in [-0.4, -0.2) is 61.4 Å². The Labute approximate surface area is 189 Å². The van der Waals surface area contributed by atoms with Crippen molar-refractivity contribution in [3.05, 3.63) is 17.7 Å². The average Bonchev–Trinajstić information content (AvgIpc) is 2.76. The molecule has 1 amide bonds. The third kappa shape index (κ3) is 6.72. The highest BCUT2D eigenvalue weighted by molar-refractivity contribution is 7.80. The molecule has 2 rings (SSSR count). The van der Waals surface area contributed by atoms with Crippen molar-refractivity contribution in [2.24, 2.45) is 5.92 Å². The Hall–Kier alpha value is -2.55. The van der Waals surface area contributed by atoms with Crippen molar-refractivity contribution in [2.45, 2.75) is 40.5 Å². The minimum absolute atomic E-state index is 0.226. The van der Waals surface area contributed by atoms with Gasteiger partial charge in [0.1, 0.15) is 0 Å². The molecule has 0 aliphatic carbocycles. The first kappa shape index (κ1) is 24.7. The Morgan fingerprint density at radius 1 is 1.03 bits per heavy atom. The molecule has 1 aromatic rings. The van der Waals surface area contributed by atoms with Gasteiger partial charge in [-0.25, -0.2) is 0 Å². The molecular formula is C22H32N2O6S. The summed E-state index contributed by atoms with van der Waals surface area (Å²) >= 11 is 5.44. The van der Waals surface area contributed by atoms with Gasteiger partial charge in [0.2, 0.25) is 5.75 Å². The highest BCUT2D eigenvalue weighted by atomic mass is 32.1. The van der Waals surface area contributed by atoms with E-state index in [-0.39, 0.29) is 22.9 Å². The molecule has 1 atom stereocenters. The van der Waals surface area contributed by atoms with Crippen molar-refractivity contribution in [1.82, 2.24) is 10.2 Å². The van der Waals surface area contributed by atoms with Crippen LogP contribution in [0.15, 0.2) is 12.1 Å². The van der Waals surface area contributed by atoms with E-state index in [1.54, 1.807) is 19.1 Å². The number of hydrogen-bond donors (Lipinski definition) is 1. The summed E-state index contributed by atoms with van der Waals surface area (Å²) in [6.07, 6.45) is 1.55. The molecule has 1 fully saturated rings. The number of piperidine rings is 1. The first-order chi connectivity index (χ1) is 14.9. The van der Waals surface area contributed by atoms with Gasteiger partial charge < -0.3 is 23.8 Å². The van der Waals surface area contributed by atoms with E-state index < -0.39 is 0 Å². The third-order valence-electron chi connectivity index (χ3n) is 4.72. The minimum atomic E-state index is -0.381. The Morgan fingerprint density at radius 3 is 2.19 bits per heavy atom. The number of hydrogen-bond acceptors (Lipinski definition) is 7. The van der Waals surface area contributed by atoms with Crippen molar-refractivity contribution in [1.29, 1.82) is 0 Å². The van der Waals surface area contributed by atoms with Crippen LogP contribution in [0.2, 0.25) is 0 Å². The Morgan fingerprint density at radius 2 is 1.65 bits per heavy atom. The molecule has 0 aromatic heterocycles. The van der Waals surface area contributed by atoms with E-state index >= 15 is 0 Å². The lowest BCUT2D eigenvalue weighted by molar-refractivity contribution is -0.149. The molecule has 0 unspecified atom stereocenters. The lowest BCUT2D eigenvalue weighted by atomic mass is 9.98. The SMILES string of the molecule is CCOC(=O)[C@H]1CCCN(C(=S)NC(=O)c2cc(OCC)c(OCC)c(OCC)c2)C1. The van der Waals surface area contributed by atoms with Gasteiger partial charge in [0.15, 0.2) is 16.6 Å². The summed E-state index contributed by atoms with van der Waals surface area (Å²) in [7, 11) is 0. The topological polar surface area (TPSA) is 86.3 Å². The molecular weight excluding hydrogens is 420 g/mol. The van der Waals surface area contributed by atoms with Crippen LogP contribution in [0.3, 0.4) is 0 Å². The van der Waals surface area contributed by atoms with Crippen molar-refractivity contribution in [3.8, 4) is 17.2 Å². The van der Waals surface area contributed by atoms with Gasteiger partial charge in [0.05, 0.1) is 32.3 Å². The molecule has 9 heteroatoms. The van der Waals surface area contributed by atoms with E-state index in [0.717, 1.165) is 12.8 Å². The normalized spacial score (nSPS) is 15.7. The number of esters is 1. The lowest BCUT2D eigenvalue weighted by Gasteiger charge is -2.33. The van der Waals surface area contributed by atoms with Crippen LogP contribution < -0.4 is 19.5 Å². The highest BCUT2D eigenvalue weighted by Crippen LogP contribution is 2.39. The number of rotatable bonds is 9. The van der Waals surface area contributed by atoms with Gasteiger partial charge in [-0.2, -0.15) is 0 Å². The molecule has 1 aliphatic heterocycles. The maximum absolute atomic E-state index is 12.9. The number of ether oxygens (including phenoxy) is 4. The monoisotopic (exact) mass is 452 g/mol. The van der Waals surface area contributed by atoms with Crippen molar-refractivity contribution < 1.29 is 28.5 Å². The average molecular weight is 453 g/mol. The van der Waals surface area contributed by atoms with E-state index in [1.807, 2.05) is 25.7 Å². The number of amides is 1. The smallest absolute Gasteiger partial charge is 0.310 e. The largest absolute Gasteiger partial charge is 0.490 e. The zero-order valence-corrected chi connectivity index (χ0v) is 19.5. The molecule has 1 aliphatic rings. The second-order valence-electron chi connectivity index (χ2n) is 6.90. The van der Waals surface area contributed by atoms with E-state index in [1.165, 1.54) is 0 Å². The van der Waals surface area contributed by atoms with E-state index in [9.17, 15) is 9.59 Å². The summed E-state index contributed by atoms with van der Waals surface area (Å²) < 4.78 is 22.2. The van der Waals surface area contributed by atoms with Crippen LogP contribution in [0.1, 0.15) is 50.9 Å². The van der Waals surface area contributed by atoms with Crippen LogP contribution in [0, 0.1) is 5.92 Å². The van der Waals surface area contributed by atoms with E-state index in [2.05, 4.69) is 5.32 Å². The molecule has 8 nitrogen and oxygen atoms in total. The number of likely N-dealkylation sites (tertiary alicyclic amines) is 1.